The summed E-state index contributed by atoms with van der Waals surface area (Å²) in [6, 6.07) is 13.9. The molecule has 5 nitrogen and oxygen atoms in total. The van der Waals surface area contributed by atoms with Crippen LogP contribution in [0.15, 0.2) is 53.0 Å². The summed E-state index contributed by atoms with van der Waals surface area (Å²) in [6.07, 6.45) is -0.737. The van der Waals surface area contributed by atoms with E-state index in [1.54, 1.807) is 37.3 Å². The van der Waals surface area contributed by atoms with Crippen molar-refractivity contribution >= 4 is 33.5 Å². The Labute approximate surface area is 142 Å². The summed E-state index contributed by atoms with van der Waals surface area (Å²) in [5.74, 6) is -0.311. The minimum Gasteiger partial charge on any atom is -0.480 e. The number of carbonyl (C=O) groups excluding carboxylic acids is 2. The molecule has 0 radical (unpaired) electrons. The van der Waals surface area contributed by atoms with E-state index in [0.29, 0.717) is 11.4 Å². The molecule has 0 heterocycles. The second-order valence-electron chi connectivity index (χ2n) is 4.72. The first kappa shape index (κ1) is 17.0. The monoisotopic (exact) mass is 377 g/mol. The van der Waals surface area contributed by atoms with Gasteiger partial charge >= 0.3 is 5.97 Å². The third kappa shape index (κ3) is 4.32. The molecule has 0 aliphatic carbocycles. The molecule has 0 saturated heterocycles. The molecular weight excluding hydrogens is 362 g/mol. The van der Waals surface area contributed by atoms with Gasteiger partial charge in [-0.3, -0.25) is 4.79 Å². The average Bonchev–Trinajstić information content (AvgIpc) is 2.56. The summed E-state index contributed by atoms with van der Waals surface area (Å²) in [5.41, 5.74) is 0.670. The normalized spacial score (nSPS) is 11.4. The molecule has 0 aliphatic heterocycles. The van der Waals surface area contributed by atoms with Crippen LogP contribution in [0.25, 0.3) is 0 Å². The summed E-state index contributed by atoms with van der Waals surface area (Å²) in [4.78, 5) is 24.0. The third-order valence-electron chi connectivity index (χ3n) is 3.10. The summed E-state index contributed by atoms with van der Waals surface area (Å²) < 4.78 is 11.1. The lowest BCUT2D eigenvalue weighted by Crippen LogP contribution is -2.30. The minimum absolute atomic E-state index is 0.288. The Morgan fingerprint density at radius 3 is 2.43 bits per heavy atom. The van der Waals surface area contributed by atoms with E-state index < -0.39 is 12.1 Å². The molecular formula is C17H16BrNO4. The fraction of sp³-hybridized carbons (Fsp3) is 0.176. The van der Waals surface area contributed by atoms with Crippen molar-refractivity contribution in [2.24, 2.45) is 0 Å². The van der Waals surface area contributed by atoms with Crippen LogP contribution in [0.5, 0.6) is 5.75 Å². The maximum Gasteiger partial charge on any atom is 0.339 e. The van der Waals surface area contributed by atoms with Gasteiger partial charge < -0.3 is 14.8 Å². The van der Waals surface area contributed by atoms with E-state index in [0.717, 1.165) is 4.47 Å². The van der Waals surface area contributed by atoms with E-state index in [1.165, 1.54) is 7.11 Å². The second-order valence-corrected chi connectivity index (χ2v) is 5.57. The van der Waals surface area contributed by atoms with Crippen molar-refractivity contribution in [3.05, 3.63) is 58.6 Å². The Kier molecular flexibility index (Phi) is 5.76. The first-order chi connectivity index (χ1) is 11.0. The van der Waals surface area contributed by atoms with Crippen molar-refractivity contribution < 1.29 is 19.1 Å². The van der Waals surface area contributed by atoms with Gasteiger partial charge in [0.05, 0.1) is 22.8 Å². The lowest BCUT2D eigenvalue weighted by Gasteiger charge is -2.16. The van der Waals surface area contributed by atoms with Crippen LogP contribution in [-0.2, 0) is 9.53 Å². The number of rotatable bonds is 5. The van der Waals surface area contributed by atoms with Crippen molar-refractivity contribution in [1.29, 1.82) is 0 Å². The molecule has 1 atom stereocenters. The van der Waals surface area contributed by atoms with Crippen LogP contribution < -0.4 is 10.1 Å². The highest BCUT2D eigenvalue weighted by molar-refractivity contribution is 9.10. The number of para-hydroxylation sites is 2. The number of benzene rings is 2. The summed E-state index contributed by atoms with van der Waals surface area (Å²) in [6.45, 7) is 1.63. The van der Waals surface area contributed by atoms with Crippen LogP contribution in [0.3, 0.4) is 0 Å². The fourth-order valence-electron chi connectivity index (χ4n) is 1.90. The Hall–Kier alpha value is -2.34. The quantitative estimate of drug-likeness (QED) is 0.807. The number of nitrogens with one attached hydrogen (secondary N) is 1. The zero-order valence-electron chi connectivity index (χ0n) is 12.7. The van der Waals surface area contributed by atoms with Crippen LogP contribution >= 0.6 is 15.9 Å². The standard InChI is InChI=1S/C17H16BrNO4/c1-11(23-15-10-6-4-8-13(15)18)16(20)19-14-9-5-3-7-12(14)17(21)22-2/h3-11H,1-2H3,(H,19,20). The minimum atomic E-state index is -0.737. The van der Waals surface area contributed by atoms with Crippen molar-refractivity contribution in [2.45, 2.75) is 13.0 Å². The number of methoxy groups -OCH3 is 1. The SMILES string of the molecule is COC(=O)c1ccccc1NC(=O)C(C)Oc1ccccc1Br. The molecule has 2 aromatic rings. The van der Waals surface area contributed by atoms with E-state index in [9.17, 15) is 9.59 Å². The maximum absolute atomic E-state index is 12.3. The number of ether oxygens (including phenoxy) is 2. The van der Waals surface area contributed by atoms with Crippen LogP contribution in [0.1, 0.15) is 17.3 Å². The molecule has 1 N–H and O–H groups in total. The molecule has 2 rings (SSSR count). The Bertz CT molecular complexity index is 717. The Morgan fingerprint density at radius 2 is 1.74 bits per heavy atom. The highest BCUT2D eigenvalue weighted by atomic mass is 79.9. The lowest BCUT2D eigenvalue weighted by atomic mass is 10.1. The molecule has 0 bridgehead atoms. The molecule has 2 aromatic carbocycles. The highest BCUT2D eigenvalue weighted by Gasteiger charge is 2.19. The number of halogens is 1. The molecule has 0 spiro atoms. The number of hydrogen-bond acceptors (Lipinski definition) is 4. The molecule has 0 aliphatic rings. The molecule has 1 amide bonds. The predicted molar refractivity (Wildman–Crippen MR) is 90.6 cm³/mol. The van der Waals surface area contributed by atoms with Gasteiger partial charge in [-0.1, -0.05) is 24.3 Å². The average molecular weight is 378 g/mol. The van der Waals surface area contributed by atoms with Crippen molar-refractivity contribution in [3.63, 3.8) is 0 Å². The largest absolute Gasteiger partial charge is 0.480 e. The van der Waals surface area contributed by atoms with Crippen LogP contribution in [0.4, 0.5) is 5.69 Å². The van der Waals surface area contributed by atoms with Gasteiger partial charge in [0.25, 0.3) is 5.91 Å². The number of amides is 1. The zero-order chi connectivity index (χ0) is 16.8. The fourth-order valence-corrected chi connectivity index (χ4v) is 2.28. The first-order valence-electron chi connectivity index (χ1n) is 6.92. The Balaban J connectivity index is 2.10. The van der Waals surface area contributed by atoms with E-state index in [1.807, 2.05) is 18.2 Å². The molecule has 1 unspecified atom stereocenters. The summed E-state index contributed by atoms with van der Waals surface area (Å²) in [7, 11) is 1.29. The summed E-state index contributed by atoms with van der Waals surface area (Å²) >= 11 is 3.36. The maximum atomic E-state index is 12.3. The lowest BCUT2D eigenvalue weighted by molar-refractivity contribution is -0.122. The smallest absolute Gasteiger partial charge is 0.339 e. The van der Waals surface area contributed by atoms with Crippen molar-refractivity contribution in [1.82, 2.24) is 0 Å². The van der Waals surface area contributed by atoms with Gasteiger partial charge in [-0.05, 0) is 47.1 Å². The molecule has 120 valence electrons. The van der Waals surface area contributed by atoms with E-state index in [4.69, 9.17) is 9.47 Å². The van der Waals surface area contributed by atoms with Gasteiger partial charge in [0, 0.05) is 0 Å². The summed E-state index contributed by atoms with van der Waals surface area (Å²) in [5, 5.41) is 2.69. The molecule has 0 aromatic heterocycles. The van der Waals surface area contributed by atoms with Gasteiger partial charge in [0.2, 0.25) is 0 Å². The number of hydrogen-bond donors (Lipinski definition) is 1. The van der Waals surface area contributed by atoms with Crippen LogP contribution in [0, 0.1) is 0 Å². The number of anilines is 1. The van der Waals surface area contributed by atoms with E-state index >= 15 is 0 Å². The van der Waals surface area contributed by atoms with Gasteiger partial charge in [-0.2, -0.15) is 0 Å². The Morgan fingerprint density at radius 1 is 1.09 bits per heavy atom. The van der Waals surface area contributed by atoms with Gasteiger partial charge in [0.15, 0.2) is 6.10 Å². The topological polar surface area (TPSA) is 64.6 Å². The number of carbonyl (C=O) groups is 2. The molecule has 6 heteroatoms. The van der Waals surface area contributed by atoms with Crippen molar-refractivity contribution in [3.8, 4) is 5.75 Å². The molecule has 0 fully saturated rings. The third-order valence-corrected chi connectivity index (χ3v) is 3.75. The molecule has 23 heavy (non-hydrogen) atoms. The van der Waals surface area contributed by atoms with Gasteiger partial charge in [-0.15, -0.1) is 0 Å². The number of esters is 1. The van der Waals surface area contributed by atoms with Crippen LogP contribution in [-0.4, -0.2) is 25.1 Å². The first-order valence-corrected chi connectivity index (χ1v) is 7.71. The zero-order valence-corrected chi connectivity index (χ0v) is 14.3. The van der Waals surface area contributed by atoms with Gasteiger partial charge in [-0.25, -0.2) is 4.79 Å². The second kappa shape index (κ2) is 7.78. The predicted octanol–water partition coefficient (Wildman–Crippen LogP) is 3.64. The highest BCUT2D eigenvalue weighted by Crippen LogP contribution is 2.25. The van der Waals surface area contributed by atoms with E-state index in [-0.39, 0.29) is 11.5 Å². The molecule has 0 saturated carbocycles. The van der Waals surface area contributed by atoms with E-state index in [2.05, 4.69) is 21.2 Å². The van der Waals surface area contributed by atoms with Crippen LogP contribution in [0.2, 0.25) is 0 Å². The van der Waals surface area contributed by atoms with Gasteiger partial charge in [0.1, 0.15) is 5.75 Å². The van der Waals surface area contributed by atoms with Crippen molar-refractivity contribution in [2.75, 3.05) is 12.4 Å².